The van der Waals surface area contributed by atoms with Crippen LogP contribution in [0, 0.1) is 0 Å². The molecule has 2 aromatic heterocycles. The Morgan fingerprint density at radius 1 is 0.303 bits per heavy atom. The van der Waals surface area contributed by atoms with Crippen molar-refractivity contribution in [2.75, 3.05) is 0 Å². The molecular formula is C62H44N4. The molecule has 312 valence electrons. The fraction of sp³-hybridized carbons (Fsp3) is 0.0645. The van der Waals surface area contributed by atoms with Crippen molar-refractivity contribution in [2.45, 2.75) is 25.7 Å². The lowest BCUT2D eigenvalue weighted by Crippen LogP contribution is -2.01. The fourth-order valence-electron chi connectivity index (χ4n) is 9.58. The monoisotopic (exact) mass is 844 g/mol. The molecule has 0 radical (unpaired) electrons. The molecule has 12 rings (SSSR count). The van der Waals surface area contributed by atoms with Gasteiger partial charge in [-0.15, -0.1) is 0 Å². The molecule has 0 fully saturated rings. The molecule has 0 saturated carbocycles. The first kappa shape index (κ1) is 39.3. The van der Waals surface area contributed by atoms with Crippen LogP contribution in [-0.4, -0.2) is 19.9 Å². The van der Waals surface area contributed by atoms with E-state index in [-0.39, 0.29) is 0 Å². The molecule has 0 bridgehead atoms. The Labute approximate surface area is 385 Å². The molecule has 0 atom stereocenters. The van der Waals surface area contributed by atoms with Gasteiger partial charge in [-0.2, -0.15) is 0 Å². The number of allylic oxidation sites excluding steroid dienone is 2. The van der Waals surface area contributed by atoms with Gasteiger partial charge in [0.15, 0.2) is 17.5 Å². The van der Waals surface area contributed by atoms with Gasteiger partial charge in [-0.3, -0.25) is 0 Å². The Morgan fingerprint density at radius 3 is 1.47 bits per heavy atom. The summed E-state index contributed by atoms with van der Waals surface area (Å²) in [5, 5.41) is 2.63. The lowest BCUT2D eigenvalue weighted by molar-refractivity contribution is 0.965. The third-order valence-corrected chi connectivity index (χ3v) is 13.0. The minimum absolute atomic E-state index is 0.610. The Morgan fingerprint density at radius 2 is 0.803 bits per heavy atom. The lowest BCUT2D eigenvalue weighted by atomic mass is 9.87. The van der Waals surface area contributed by atoms with Gasteiger partial charge in [0.05, 0.1) is 11.4 Å². The number of pyridine rings is 1. The van der Waals surface area contributed by atoms with E-state index in [1.165, 1.54) is 55.3 Å². The van der Waals surface area contributed by atoms with Crippen molar-refractivity contribution in [3.8, 4) is 89.9 Å². The maximum atomic E-state index is 5.18. The first-order chi connectivity index (χ1) is 32.7. The van der Waals surface area contributed by atoms with E-state index in [2.05, 4.69) is 158 Å². The molecule has 8 aromatic carbocycles. The average Bonchev–Trinajstić information content (AvgIpc) is 3.41. The summed E-state index contributed by atoms with van der Waals surface area (Å²) in [5.41, 5.74) is 19.2. The number of aryl methyl sites for hydroxylation is 2. The summed E-state index contributed by atoms with van der Waals surface area (Å²) in [6.45, 7) is 0. The van der Waals surface area contributed by atoms with E-state index in [1.807, 2.05) is 60.7 Å². The van der Waals surface area contributed by atoms with Gasteiger partial charge in [0.1, 0.15) is 0 Å². The van der Waals surface area contributed by atoms with Gasteiger partial charge in [0.25, 0.3) is 0 Å². The minimum Gasteiger partial charge on any atom is -0.248 e. The topological polar surface area (TPSA) is 51.6 Å². The van der Waals surface area contributed by atoms with Crippen LogP contribution in [0.4, 0.5) is 0 Å². The van der Waals surface area contributed by atoms with Crippen molar-refractivity contribution in [3.05, 3.63) is 229 Å². The second-order valence-corrected chi connectivity index (χ2v) is 17.2. The van der Waals surface area contributed by atoms with Gasteiger partial charge in [-0.25, -0.2) is 19.9 Å². The molecular weight excluding hydrogens is 801 g/mol. The van der Waals surface area contributed by atoms with Gasteiger partial charge in [0.2, 0.25) is 0 Å². The summed E-state index contributed by atoms with van der Waals surface area (Å²) in [5.74, 6) is 1.87. The predicted octanol–water partition coefficient (Wildman–Crippen LogP) is 15.7. The van der Waals surface area contributed by atoms with E-state index < -0.39 is 0 Å². The minimum atomic E-state index is 0.610. The van der Waals surface area contributed by atoms with E-state index in [4.69, 9.17) is 19.9 Å². The van der Waals surface area contributed by atoms with Crippen molar-refractivity contribution in [1.82, 2.24) is 19.9 Å². The third kappa shape index (κ3) is 7.63. The highest BCUT2D eigenvalue weighted by Crippen LogP contribution is 2.39. The molecule has 0 amide bonds. The first-order valence-corrected chi connectivity index (χ1v) is 22.9. The Hall–Kier alpha value is -8.34. The molecule has 0 unspecified atom stereocenters. The normalized spacial score (nSPS) is 12.8. The molecule has 2 heterocycles. The van der Waals surface area contributed by atoms with Gasteiger partial charge in [0, 0.05) is 22.3 Å². The van der Waals surface area contributed by atoms with E-state index in [1.54, 1.807) is 0 Å². The highest BCUT2D eigenvalue weighted by atomic mass is 15.0. The van der Waals surface area contributed by atoms with Crippen molar-refractivity contribution < 1.29 is 0 Å². The molecule has 0 spiro atoms. The molecule has 0 N–H and O–H groups in total. The molecule has 0 saturated heterocycles. The standard InChI is InChI=1S/C62H44N4/c1-3-15-46(16-4-1)60-64-61(47-17-5-2-6-18-47)66-62(65-60)53-38-51(37-52(39-53)59-35-34-45-14-8-12-25-58(45)63-59)43-28-26-41(27-29-43)48-20-13-21-49(36-48)42-30-32-44(33-31-42)57-40-50-19-7-9-22-54(50)55-23-10-11-24-56(55)57/h1-6,9-13,15-18,20-40H,7-8,14,19H2. The van der Waals surface area contributed by atoms with Crippen LogP contribution in [0.15, 0.2) is 206 Å². The summed E-state index contributed by atoms with van der Waals surface area (Å²) in [7, 11) is 0. The van der Waals surface area contributed by atoms with Crippen LogP contribution < -0.4 is 0 Å². The van der Waals surface area contributed by atoms with Crippen molar-refractivity contribution in [2.24, 2.45) is 0 Å². The second kappa shape index (κ2) is 17.0. The number of hydrogen-bond acceptors (Lipinski definition) is 4. The number of benzene rings is 8. The van der Waals surface area contributed by atoms with Crippen LogP contribution in [0.2, 0.25) is 0 Å². The molecule has 4 heteroatoms. The zero-order valence-electron chi connectivity index (χ0n) is 36.4. The number of rotatable bonds is 8. The highest BCUT2D eigenvalue weighted by molar-refractivity contribution is 6.02. The molecule has 10 aromatic rings. The number of hydrogen-bond donors (Lipinski definition) is 0. The van der Waals surface area contributed by atoms with Crippen LogP contribution in [0.5, 0.6) is 0 Å². The summed E-state index contributed by atoms with van der Waals surface area (Å²) in [6, 6.07) is 69.4. The first-order valence-electron chi connectivity index (χ1n) is 22.9. The Bertz CT molecular complexity index is 3440. The van der Waals surface area contributed by atoms with Crippen molar-refractivity contribution in [1.29, 1.82) is 0 Å². The van der Waals surface area contributed by atoms with E-state index >= 15 is 0 Å². The van der Waals surface area contributed by atoms with E-state index in [0.717, 1.165) is 76.0 Å². The number of fused-ring (bicyclic) bond motifs is 4. The summed E-state index contributed by atoms with van der Waals surface area (Å²) < 4.78 is 0. The largest absolute Gasteiger partial charge is 0.248 e. The molecule has 2 aliphatic rings. The molecule has 4 nitrogen and oxygen atoms in total. The Kier molecular flexibility index (Phi) is 10.1. The number of nitrogens with zero attached hydrogens (tertiary/aromatic N) is 4. The van der Waals surface area contributed by atoms with Crippen LogP contribution in [0.1, 0.15) is 35.2 Å². The van der Waals surface area contributed by atoms with Crippen LogP contribution >= 0.6 is 0 Å². The second-order valence-electron chi connectivity index (χ2n) is 17.2. The van der Waals surface area contributed by atoms with Crippen molar-refractivity contribution in [3.63, 3.8) is 0 Å². The van der Waals surface area contributed by atoms with Gasteiger partial charge < -0.3 is 0 Å². The zero-order chi connectivity index (χ0) is 43.8. The maximum Gasteiger partial charge on any atom is 0.164 e. The fourth-order valence-corrected chi connectivity index (χ4v) is 9.58. The SMILES string of the molecule is C1=Cc2nc(-c3cc(-c4ccc(-c5cccc(-c6ccc(-c7cc8c(c9ccccc79)C=CCC8)cc6)c5)cc4)cc(-c4nc(-c5ccccc5)nc(-c5ccccc5)n4)c3)ccc2CC1. The molecule has 2 aliphatic carbocycles. The van der Waals surface area contributed by atoms with Crippen LogP contribution in [0.25, 0.3) is 113 Å². The van der Waals surface area contributed by atoms with Gasteiger partial charge in [-0.1, -0.05) is 176 Å². The third-order valence-electron chi connectivity index (χ3n) is 13.0. The average molecular weight is 845 g/mol. The smallest absolute Gasteiger partial charge is 0.164 e. The molecule has 0 aliphatic heterocycles. The van der Waals surface area contributed by atoms with Gasteiger partial charge >= 0.3 is 0 Å². The van der Waals surface area contributed by atoms with Gasteiger partial charge in [-0.05, 0) is 140 Å². The van der Waals surface area contributed by atoms with Crippen LogP contribution in [-0.2, 0) is 12.8 Å². The molecule has 66 heavy (non-hydrogen) atoms. The van der Waals surface area contributed by atoms with E-state index in [0.29, 0.717) is 17.5 Å². The number of aromatic nitrogens is 4. The maximum absolute atomic E-state index is 5.18. The highest BCUT2D eigenvalue weighted by Gasteiger charge is 2.18. The van der Waals surface area contributed by atoms with Crippen LogP contribution in [0.3, 0.4) is 0 Å². The summed E-state index contributed by atoms with van der Waals surface area (Å²) in [4.78, 5) is 20.4. The quantitative estimate of drug-likeness (QED) is 0.153. The zero-order valence-corrected chi connectivity index (χ0v) is 36.4. The van der Waals surface area contributed by atoms with E-state index in [9.17, 15) is 0 Å². The predicted molar refractivity (Wildman–Crippen MR) is 273 cm³/mol. The Balaban J connectivity index is 0.898. The lowest BCUT2D eigenvalue weighted by Gasteiger charge is -2.17. The summed E-state index contributed by atoms with van der Waals surface area (Å²) in [6.07, 6.45) is 13.2. The summed E-state index contributed by atoms with van der Waals surface area (Å²) >= 11 is 0. The van der Waals surface area contributed by atoms with Crippen molar-refractivity contribution >= 4 is 22.9 Å².